The van der Waals surface area contributed by atoms with E-state index in [1.807, 2.05) is 6.92 Å². The quantitative estimate of drug-likeness (QED) is 0.124. The smallest absolute Gasteiger partial charge is 0.337 e. The van der Waals surface area contributed by atoms with E-state index in [1.165, 1.54) is 20.4 Å². The highest BCUT2D eigenvalue weighted by Gasteiger charge is 2.32. The van der Waals surface area contributed by atoms with Crippen LogP contribution in [0.3, 0.4) is 0 Å². The van der Waals surface area contributed by atoms with Gasteiger partial charge in [-0.3, -0.25) is 5.43 Å². The van der Waals surface area contributed by atoms with E-state index >= 15 is 0 Å². The fraction of sp³-hybridized carbons (Fsp3) is 0.346. The summed E-state index contributed by atoms with van der Waals surface area (Å²) in [5.41, 5.74) is 4.55. The number of carbonyl (C=O) groups excluding carboxylic acids is 2. The zero-order valence-electron chi connectivity index (χ0n) is 22.2. The number of nitrogens with zero attached hydrogens (tertiary/aromatic N) is 1. The average molecular weight is 607 g/mol. The molecule has 0 saturated carbocycles. The van der Waals surface area contributed by atoms with Gasteiger partial charge in [-0.25, -0.2) is 9.59 Å². The summed E-state index contributed by atoms with van der Waals surface area (Å²) in [6.45, 7) is 3.62. The molecule has 2 atom stereocenters. The van der Waals surface area contributed by atoms with Crippen molar-refractivity contribution in [2.45, 2.75) is 26.1 Å². The molecule has 0 aliphatic carbocycles. The highest BCUT2D eigenvalue weighted by molar-refractivity contribution is 9.10. The Labute approximate surface area is 234 Å². The molecule has 210 valence electrons. The second-order valence-corrected chi connectivity index (χ2v) is 9.01. The number of esters is 1. The van der Waals surface area contributed by atoms with Crippen molar-refractivity contribution in [1.29, 1.82) is 0 Å². The number of allylic oxidation sites excluding steroid dienone is 1. The van der Waals surface area contributed by atoms with E-state index in [-0.39, 0.29) is 12.2 Å². The van der Waals surface area contributed by atoms with Gasteiger partial charge in [0.15, 0.2) is 29.2 Å². The van der Waals surface area contributed by atoms with E-state index in [2.05, 4.69) is 37.1 Å². The second-order valence-electron chi connectivity index (χ2n) is 8.15. The maximum atomic E-state index is 12.4. The summed E-state index contributed by atoms with van der Waals surface area (Å²) in [7, 11) is 4.35. The van der Waals surface area contributed by atoms with Gasteiger partial charge < -0.3 is 39.4 Å². The number of methoxy groups -OCH3 is 3. The number of rotatable bonds is 12. The predicted octanol–water partition coefficient (Wildman–Crippen LogP) is 2.99. The second kappa shape index (κ2) is 13.7. The van der Waals surface area contributed by atoms with Crippen LogP contribution in [0.15, 0.2) is 51.2 Å². The largest absolute Gasteiger partial charge is 0.493 e. The molecule has 0 aromatic heterocycles. The summed E-state index contributed by atoms with van der Waals surface area (Å²) in [5, 5.41) is 19.7. The maximum absolute atomic E-state index is 12.4. The summed E-state index contributed by atoms with van der Waals surface area (Å²) < 4.78 is 27.7. The minimum atomic E-state index is -1.14. The molecule has 39 heavy (non-hydrogen) atoms. The molecular formula is C26H31BrN4O8. The van der Waals surface area contributed by atoms with Gasteiger partial charge in [-0.2, -0.15) is 5.10 Å². The van der Waals surface area contributed by atoms with E-state index in [4.69, 9.17) is 23.7 Å². The Kier molecular flexibility index (Phi) is 10.4. The van der Waals surface area contributed by atoms with Crippen molar-refractivity contribution in [3.8, 4) is 23.0 Å². The number of halogens is 1. The van der Waals surface area contributed by atoms with Gasteiger partial charge in [0.2, 0.25) is 0 Å². The van der Waals surface area contributed by atoms with Crippen molar-refractivity contribution in [3.05, 3.63) is 57.2 Å². The van der Waals surface area contributed by atoms with E-state index in [1.54, 1.807) is 44.4 Å². The van der Waals surface area contributed by atoms with E-state index < -0.39 is 24.3 Å². The lowest BCUT2D eigenvalue weighted by Crippen LogP contribution is -2.45. The third-order valence-electron chi connectivity index (χ3n) is 5.57. The zero-order chi connectivity index (χ0) is 28.5. The Bertz CT molecular complexity index is 1270. The summed E-state index contributed by atoms with van der Waals surface area (Å²) in [6.07, 6.45) is 0.372. The minimum Gasteiger partial charge on any atom is -0.493 e. The number of hydrazone groups is 1. The molecule has 2 aromatic carbocycles. The number of hydrogen-bond acceptors (Lipinski definition) is 10. The molecule has 1 aliphatic heterocycles. The van der Waals surface area contributed by atoms with Crippen LogP contribution in [-0.4, -0.2) is 64.1 Å². The maximum Gasteiger partial charge on any atom is 0.337 e. The monoisotopic (exact) mass is 606 g/mol. The van der Waals surface area contributed by atoms with Crippen LogP contribution in [-0.2, 0) is 9.53 Å². The first kappa shape index (κ1) is 29.6. The number of hydrogen-bond donors (Lipinski definition) is 4. The molecule has 12 nitrogen and oxygen atoms in total. The number of nitrogens with one attached hydrogen (secondary N) is 3. The number of ether oxygens (including phenoxy) is 5. The van der Waals surface area contributed by atoms with Crippen LogP contribution in [0, 0.1) is 0 Å². The van der Waals surface area contributed by atoms with Crippen LogP contribution in [0.2, 0.25) is 0 Å². The Morgan fingerprint density at radius 2 is 1.92 bits per heavy atom. The molecule has 1 aliphatic rings. The van der Waals surface area contributed by atoms with Crippen molar-refractivity contribution in [2.75, 3.05) is 34.5 Å². The molecule has 1 heterocycles. The normalized spacial score (nSPS) is 15.8. The molecule has 2 amide bonds. The third-order valence-corrected chi connectivity index (χ3v) is 6.15. The SMILES string of the molecule is CCOc1cc([C@H]2NC(=O)NC(C)=C2C(=O)OC)ccc1OC[C@H](O)N/N=C/c1cc(Br)c(OC)c(OC)c1. The van der Waals surface area contributed by atoms with Crippen molar-refractivity contribution < 1.29 is 38.4 Å². The van der Waals surface area contributed by atoms with Crippen molar-refractivity contribution in [2.24, 2.45) is 5.10 Å². The van der Waals surface area contributed by atoms with Crippen LogP contribution < -0.4 is 35.0 Å². The number of carbonyl (C=O) groups is 2. The molecule has 3 rings (SSSR count). The van der Waals surface area contributed by atoms with Gasteiger partial charge in [0, 0.05) is 5.70 Å². The summed E-state index contributed by atoms with van der Waals surface area (Å²) in [5.74, 6) is 1.24. The Balaban J connectivity index is 1.70. The fourth-order valence-electron chi connectivity index (χ4n) is 3.83. The van der Waals surface area contributed by atoms with Gasteiger partial charge >= 0.3 is 12.0 Å². The highest BCUT2D eigenvalue weighted by atomic mass is 79.9. The number of aliphatic hydroxyl groups is 1. The molecule has 2 aromatic rings. The first-order chi connectivity index (χ1) is 18.7. The average Bonchev–Trinajstić information content (AvgIpc) is 2.91. The van der Waals surface area contributed by atoms with Crippen LogP contribution in [0.25, 0.3) is 0 Å². The topological polar surface area (TPSA) is 149 Å². The Morgan fingerprint density at radius 3 is 2.59 bits per heavy atom. The zero-order valence-corrected chi connectivity index (χ0v) is 23.7. The Hall–Kier alpha value is -3.97. The first-order valence-corrected chi connectivity index (χ1v) is 12.7. The molecular weight excluding hydrogens is 576 g/mol. The minimum absolute atomic E-state index is 0.150. The summed E-state index contributed by atoms with van der Waals surface area (Å²) >= 11 is 3.42. The molecule has 13 heteroatoms. The van der Waals surface area contributed by atoms with Gasteiger partial charge in [-0.1, -0.05) is 6.07 Å². The van der Waals surface area contributed by atoms with Crippen molar-refractivity contribution in [3.63, 3.8) is 0 Å². The van der Waals surface area contributed by atoms with Crippen LogP contribution in [0.4, 0.5) is 4.79 Å². The van der Waals surface area contributed by atoms with Crippen LogP contribution in [0.5, 0.6) is 23.0 Å². The Morgan fingerprint density at radius 1 is 1.15 bits per heavy atom. The summed E-state index contributed by atoms with van der Waals surface area (Å²) in [4.78, 5) is 24.5. The number of amides is 2. The molecule has 0 fully saturated rings. The highest BCUT2D eigenvalue weighted by Crippen LogP contribution is 2.36. The lowest BCUT2D eigenvalue weighted by atomic mass is 9.95. The van der Waals surface area contributed by atoms with Gasteiger partial charge in [0.1, 0.15) is 6.61 Å². The summed E-state index contributed by atoms with van der Waals surface area (Å²) in [6, 6.07) is 7.32. The standard InChI is InChI=1S/C26H31BrN4O8/c1-6-38-19-11-16(23-22(25(33)37-5)14(2)29-26(34)30-23)7-8-18(19)39-13-21(32)31-28-12-15-9-17(27)24(36-4)20(10-15)35-3/h7-12,21,23,31-32H,6,13H2,1-5H3,(H2,29,30,34)/b28-12+/t21-,23+/m0/s1. The van der Waals surface area contributed by atoms with Gasteiger partial charge in [-0.15, -0.1) is 0 Å². The molecule has 4 N–H and O–H groups in total. The predicted molar refractivity (Wildman–Crippen MR) is 146 cm³/mol. The first-order valence-electron chi connectivity index (χ1n) is 11.9. The lowest BCUT2D eigenvalue weighted by Gasteiger charge is -2.28. The molecule has 0 unspecified atom stereocenters. The van der Waals surface area contributed by atoms with Gasteiger partial charge in [-0.05, 0) is 65.2 Å². The van der Waals surface area contributed by atoms with Crippen molar-refractivity contribution in [1.82, 2.24) is 16.1 Å². The van der Waals surface area contributed by atoms with Gasteiger partial charge in [0.25, 0.3) is 0 Å². The fourth-order valence-corrected chi connectivity index (χ4v) is 4.45. The van der Waals surface area contributed by atoms with Crippen LogP contribution >= 0.6 is 15.9 Å². The lowest BCUT2D eigenvalue weighted by molar-refractivity contribution is -0.136. The van der Waals surface area contributed by atoms with E-state index in [9.17, 15) is 14.7 Å². The molecule has 0 saturated heterocycles. The number of aliphatic hydroxyl groups excluding tert-OH is 1. The van der Waals surface area contributed by atoms with E-state index in [0.717, 1.165) is 0 Å². The van der Waals surface area contributed by atoms with E-state index in [0.29, 0.717) is 50.9 Å². The van der Waals surface area contributed by atoms with Gasteiger partial charge in [0.05, 0.1) is 50.2 Å². The van der Waals surface area contributed by atoms with Crippen molar-refractivity contribution >= 4 is 34.1 Å². The molecule has 0 spiro atoms. The van der Waals surface area contributed by atoms with Crippen LogP contribution in [0.1, 0.15) is 31.0 Å². The third kappa shape index (κ3) is 7.33. The number of urea groups is 1. The number of benzene rings is 2. The molecule has 0 radical (unpaired) electrons. The molecule has 0 bridgehead atoms.